The number of carbonyl (C=O) groups is 1. The van der Waals surface area contributed by atoms with Crippen molar-refractivity contribution in [2.75, 3.05) is 26.2 Å². The highest BCUT2D eigenvalue weighted by Gasteiger charge is 2.42. The van der Waals surface area contributed by atoms with Crippen LogP contribution in [0.4, 0.5) is 8.78 Å². The Balaban J connectivity index is 0.00000220. The van der Waals surface area contributed by atoms with Crippen molar-refractivity contribution in [3.8, 4) is 0 Å². The van der Waals surface area contributed by atoms with E-state index in [9.17, 15) is 13.6 Å². The molecule has 124 valence electrons. The Morgan fingerprint density at radius 1 is 1.48 bits per heavy atom. The maximum atomic E-state index is 13.1. The summed E-state index contributed by atoms with van der Waals surface area (Å²) in [6.45, 7) is 6.62. The first-order valence-electron chi connectivity index (χ1n) is 7.50. The van der Waals surface area contributed by atoms with Gasteiger partial charge in [-0.15, -0.1) is 12.4 Å². The van der Waals surface area contributed by atoms with Crippen LogP contribution in [0, 0.1) is 5.92 Å². The number of halogens is 3. The maximum Gasteiger partial charge on any atom is 0.262 e. The van der Waals surface area contributed by atoms with E-state index in [0.29, 0.717) is 18.5 Å². The van der Waals surface area contributed by atoms with Crippen LogP contribution in [-0.4, -0.2) is 55.0 Å². The molecule has 0 spiro atoms. The van der Waals surface area contributed by atoms with Gasteiger partial charge in [-0.05, 0) is 25.3 Å². The summed E-state index contributed by atoms with van der Waals surface area (Å²) in [5.41, 5.74) is 0. The molecule has 2 fully saturated rings. The highest BCUT2D eigenvalue weighted by Crippen LogP contribution is 2.25. The number of hydrogen-bond acceptors (Lipinski definition) is 3. The van der Waals surface area contributed by atoms with Crippen LogP contribution in [-0.2, 0) is 4.79 Å². The van der Waals surface area contributed by atoms with E-state index in [1.807, 2.05) is 0 Å². The molecular formula is C14H26ClF2N3O. The van der Waals surface area contributed by atoms with Gasteiger partial charge in [0, 0.05) is 25.6 Å². The number of nitrogens with zero attached hydrogens (tertiary/aromatic N) is 1. The number of hydrogen-bond donors (Lipinski definition) is 2. The number of likely N-dealkylation sites (tertiary alicyclic amines) is 1. The molecule has 4 nitrogen and oxygen atoms in total. The molecule has 0 aromatic rings. The first-order valence-corrected chi connectivity index (χ1v) is 7.50. The predicted octanol–water partition coefficient (Wildman–Crippen LogP) is 1.64. The highest BCUT2D eigenvalue weighted by molar-refractivity contribution is 5.85. The molecule has 0 saturated carbocycles. The SMILES string of the molecule is CC(C)CN1CCC[C@@H]1CNC(=O)C1CC(F)(F)CN1.Cl. The van der Waals surface area contributed by atoms with Crippen LogP contribution < -0.4 is 10.6 Å². The lowest BCUT2D eigenvalue weighted by molar-refractivity contribution is -0.123. The third kappa shape index (κ3) is 5.34. The quantitative estimate of drug-likeness (QED) is 0.808. The molecule has 2 saturated heterocycles. The van der Waals surface area contributed by atoms with Crippen LogP contribution in [0.25, 0.3) is 0 Å². The molecule has 1 amide bonds. The Labute approximate surface area is 131 Å². The molecule has 0 aromatic heterocycles. The topological polar surface area (TPSA) is 44.4 Å². The number of alkyl halides is 2. The van der Waals surface area contributed by atoms with Crippen LogP contribution in [0.2, 0.25) is 0 Å². The van der Waals surface area contributed by atoms with E-state index in [4.69, 9.17) is 0 Å². The first-order chi connectivity index (χ1) is 9.37. The largest absolute Gasteiger partial charge is 0.353 e. The van der Waals surface area contributed by atoms with Gasteiger partial charge in [-0.1, -0.05) is 13.8 Å². The van der Waals surface area contributed by atoms with Crippen LogP contribution >= 0.6 is 12.4 Å². The molecule has 2 N–H and O–H groups in total. The standard InChI is InChI=1S/C14H25F2N3O.ClH/c1-10(2)8-19-5-3-4-11(19)7-17-13(20)12-6-14(15,16)9-18-12;/h10-12,18H,3-9H2,1-2H3,(H,17,20);1H/t11-,12?;/m1./s1. The van der Waals surface area contributed by atoms with Gasteiger partial charge in [-0.3, -0.25) is 15.0 Å². The van der Waals surface area contributed by atoms with Crippen molar-refractivity contribution < 1.29 is 13.6 Å². The van der Waals surface area contributed by atoms with Crippen LogP contribution in [0.3, 0.4) is 0 Å². The molecule has 0 aromatic carbocycles. The lowest BCUT2D eigenvalue weighted by Gasteiger charge is -2.26. The Morgan fingerprint density at radius 2 is 2.19 bits per heavy atom. The van der Waals surface area contributed by atoms with Gasteiger partial charge < -0.3 is 5.32 Å². The van der Waals surface area contributed by atoms with Crippen molar-refractivity contribution in [3.63, 3.8) is 0 Å². The van der Waals surface area contributed by atoms with Gasteiger partial charge in [-0.25, -0.2) is 8.78 Å². The first kappa shape index (κ1) is 18.6. The van der Waals surface area contributed by atoms with Gasteiger partial charge >= 0.3 is 0 Å². The summed E-state index contributed by atoms with van der Waals surface area (Å²) >= 11 is 0. The summed E-state index contributed by atoms with van der Waals surface area (Å²) in [7, 11) is 0. The summed E-state index contributed by atoms with van der Waals surface area (Å²) in [4.78, 5) is 14.3. The van der Waals surface area contributed by atoms with Gasteiger partial charge in [0.15, 0.2) is 0 Å². The fourth-order valence-electron chi connectivity index (χ4n) is 3.08. The van der Waals surface area contributed by atoms with Crippen molar-refractivity contribution >= 4 is 18.3 Å². The van der Waals surface area contributed by atoms with E-state index in [0.717, 1.165) is 25.9 Å². The van der Waals surface area contributed by atoms with Crippen LogP contribution in [0.5, 0.6) is 0 Å². The van der Waals surface area contributed by atoms with E-state index in [2.05, 4.69) is 29.4 Å². The fraction of sp³-hybridized carbons (Fsp3) is 0.929. The Bertz CT molecular complexity index is 355. The zero-order valence-corrected chi connectivity index (χ0v) is 13.5. The van der Waals surface area contributed by atoms with Gasteiger partial charge in [0.1, 0.15) is 0 Å². The Kier molecular flexibility index (Phi) is 6.81. The smallest absolute Gasteiger partial charge is 0.262 e. The minimum atomic E-state index is -2.75. The maximum absolute atomic E-state index is 13.1. The molecule has 0 radical (unpaired) electrons. The monoisotopic (exact) mass is 325 g/mol. The number of rotatable bonds is 5. The summed E-state index contributed by atoms with van der Waals surface area (Å²) < 4.78 is 26.1. The normalized spacial score (nSPS) is 28.6. The van der Waals surface area contributed by atoms with Gasteiger partial charge in [0.05, 0.1) is 12.6 Å². The zero-order chi connectivity index (χ0) is 14.8. The minimum Gasteiger partial charge on any atom is -0.353 e. The molecule has 21 heavy (non-hydrogen) atoms. The summed E-state index contributed by atoms with van der Waals surface area (Å²) in [5, 5.41) is 5.42. The average molecular weight is 326 g/mol. The second-order valence-electron chi connectivity index (χ2n) is 6.42. The van der Waals surface area contributed by atoms with Crippen molar-refractivity contribution in [1.29, 1.82) is 0 Å². The van der Waals surface area contributed by atoms with E-state index in [1.165, 1.54) is 0 Å². The van der Waals surface area contributed by atoms with E-state index < -0.39 is 18.5 Å². The second-order valence-corrected chi connectivity index (χ2v) is 6.42. The van der Waals surface area contributed by atoms with Crippen LogP contribution in [0.1, 0.15) is 33.1 Å². The Hall–Kier alpha value is -0.460. The van der Waals surface area contributed by atoms with Gasteiger partial charge in [-0.2, -0.15) is 0 Å². The molecule has 7 heteroatoms. The molecule has 2 aliphatic heterocycles. The van der Waals surface area contributed by atoms with Crippen LogP contribution in [0.15, 0.2) is 0 Å². The van der Waals surface area contributed by atoms with Gasteiger partial charge in [0.25, 0.3) is 5.92 Å². The van der Waals surface area contributed by atoms with E-state index >= 15 is 0 Å². The summed E-state index contributed by atoms with van der Waals surface area (Å²) in [5.74, 6) is -2.45. The molecule has 0 aliphatic carbocycles. The fourth-order valence-corrected chi connectivity index (χ4v) is 3.08. The lowest BCUT2D eigenvalue weighted by atomic mass is 10.1. The molecule has 1 unspecified atom stereocenters. The number of nitrogens with one attached hydrogen (secondary N) is 2. The Morgan fingerprint density at radius 3 is 2.76 bits per heavy atom. The predicted molar refractivity (Wildman–Crippen MR) is 81.0 cm³/mol. The molecule has 0 bridgehead atoms. The average Bonchev–Trinajstić information content (AvgIpc) is 2.92. The van der Waals surface area contributed by atoms with Crippen molar-refractivity contribution in [3.05, 3.63) is 0 Å². The van der Waals surface area contributed by atoms with E-state index in [1.54, 1.807) is 0 Å². The number of amides is 1. The molecule has 2 rings (SSSR count). The highest BCUT2D eigenvalue weighted by atomic mass is 35.5. The van der Waals surface area contributed by atoms with Crippen molar-refractivity contribution in [2.45, 2.75) is 51.1 Å². The third-order valence-electron chi connectivity index (χ3n) is 4.04. The van der Waals surface area contributed by atoms with Crippen molar-refractivity contribution in [1.82, 2.24) is 15.5 Å². The molecule has 2 heterocycles. The molecular weight excluding hydrogens is 300 g/mol. The molecule has 2 aliphatic rings. The summed E-state index contributed by atoms with van der Waals surface area (Å²) in [6, 6.07) is -0.395. The molecule has 2 atom stereocenters. The minimum absolute atomic E-state index is 0. The lowest BCUT2D eigenvalue weighted by Crippen LogP contribution is -2.46. The zero-order valence-electron chi connectivity index (χ0n) is 12.7. The van der Waals surface area contributed by atoms with Crippen molar-refractivity contribution in [2.24, 2.45) is 5.92 Å². The summed E-state index contributed by atoms with van der Waals surface area (Å²) in [6.07, 6.45) is 1.83. The van der Waals surface area contributed by atoms with E-state index in [-0.39, 0.29) is 24.7 Å². The second kappa shape index (κ2) is 7.70. The van der Waals surface area contributed by atoms with Gasteiger partial charge in [0.2, 0.25) is 5.91 Å². The third-order valence-corrected chi connectivity index (χ3v) is 4.04. The number of carbonyl (C=O) groups excluding carboxylic acids is 1.